The maximum absolute atomic E-state index is 12.8. The first kappa shape index (κ1) is 23.2. The van der Waals surface area contributed by atoms with Gasteiger partial charge < -0.3 is 25.6 Å². The lowest BCUT2D eigenvalue weighted by atomic mass is 9.95. The van der Waals surface area contributed by atoms with Crippen LogP contribution in [-0.4, -0.2) is 67.2 Å². The van der Waals surface area contributed by atoms with Gasteiger partial charge in [0.25, 0.3) is 0 Å². The maximum atomic E-state index is 12.8. The Morgan fingerprint density at radius 2 is 1.67 bits per heavy atom. The number of alkyl carbamates (subject to hydrolysis) is 1. The Balaban J connectivity index is 2.62. The molecule has 0 saturated carbocycles. The lowest BCUT2D eigenvalue weighted by Gasteiger charge is -2.31. The van der Waals surface area contributed by atoms with Crippen LogP contribution in [0.15, 0.2) is 0 Å². The molecule has 1 fully saturated rings. The van der Waals surface area contributed by atoms with Gasteiger partial charge in [0.2, 0.25) is 11.8 Å². The number of carbonyl (C=O) groups is 3. The number of nitrogens with one attached hydrogen (secondary N) is 3. The van der Waals surface area contributed by atoms with Crippen LogP contribution in [0.5, 0.6) is 0 Å². The van der Waals surface area contributed by atoms with Gasteiger partial charge in [-0.1, -0.05) is 20.8 Å². The minimum absolute atomic E-state index is 0.0346. The Kier molecular flexibility index (Phi) is 8.53. The molecule has 8 nitrogen and oxygen atoms in total. The zero-order valence-corrected chi connectivity index (χ0v) is 17.6. The van der Waals surface area contributed by atoms with Crippen molar-refractivity contribution in [3.05, 3.63) is 0 Å². The number of hydrogen-bond donors (Lipinski definition) is 3. The van der Waals surface area contributed by atoms with E-state index in [0.717, 1.165) is 13.1 Å². The minimum atomic E-state index is -0.663. The van der Waals surface area contributed by atoms with Crippen LogP contribution in [0.3, 0.4) is 0 Å². The summed E-state index contributed by atoms with van der Waals surface area (Å²) in [5, 5.41) is 8.78. The summed E-state index contributed by atoms with van der Waals surface area (Å²) >= 11 is 0. The molecule has 0 unspecified atom stereocenters. The highest BCUT2D eigenvalue weighted by molar-refractivity contribution is 5.86. The molecule has 0 aromatic rings. The van der Waals surface area contributed by atoms with Crippen LogP contribution in [0.1, 0.15) is 54.4 Å². The zero-order valence-electron chi connectivity index (χ0n) is 17.6. The van der Waals surface area contributed by atoms with Crippen molar-refractivity contribution in [1.29, 1.82) is 0 Å². The zero-order chi connectivity index (χ0) is 20.7. The van der Waals surface area contributed by atoms with E-state index in [0.29, 0.717) is 32.5 Å². The Morgan fingerprint density at radius 1 is 1.07 bits per heavy atom. The van der Waals surface area contributed by atoms with Crippen molar-refractivity contribution in [2.45, 2.75) is 66.0 Å². The van der Waals surface area contributed by atoms with E-state index in [9.17, 15) is 14.4 Å². The molecule has 1 aliphatic heterocycles. The first-order valence-electron chi connectivity index (χ1n) is 9.67. The summed E-state index contributed by atoms with van der Waals surface area (Å²) in [6, 6.07) is -0.663. The predicted molar refractivity (Wildman–Crippen MR) is 104 cm³/mol. The second-order valence-corrected chi connectivity index (χ2v) is 8.92. The third kappa shape index (κ3) is 9.08. The van der Waals surface area contributed by atoms with Crippen LogP contribution < -0.4 is 16.0 Å². The number of hydrogen-bond acceptors (Lipinski definition) is 5. The van der Waals surface area contributed by atoms with Crippen LogP contribution in [0, 0.1) is 5.41 Å². The highest BCUT2D eigenvalue weighted by Crippen LogP contribution is 2.13. The molecule has 1 saturated heterocycles. The van der Waals surface area contributed by atoms with Gasteiger partial charge in [-0.05, 0) is 33.6 Å². The first-order valence-corrected chi connectivity index (χ1v) is 9.67. The SMILES string of the molecule is CC(C)(C)OC(=O)N[C@@H](CCCNC(=O)C(C)(C)C)C(=O)N1CCNCC1. The molecule has 1 rings (SSSR count). The van der Waals surface area contributed by atoms with Crippen LogP contribution in [-0.2, 0) is 14.3 Å². The quantitative estimate of drug-likeness (QED) is 0.599. The summed E-state index contributed by atoms with van der Waals surface area (Å²) in [4.78, 5) is 38.7. The molecule has 1 aliphatic rings. The fraction of sp³-hybridized carbons (Fsp3) is 0.842. The molecule has 0 radical (unpaired) electrons. The number of ether oxygens (including phenoxy) is 1. The summed E-state index contributed by atoms with van der Waals surface area (Å²) in [6.07, 6.45) is 0.418. The van der Waals surface area contributed by atoms with Gasteiger partial charge in [-0.25, -0.2) is 4.79 Å². The van der Waals surface area contributed by atoms with Crippen molar-refractivity contribution in [3.63, 3.8) is 0 Å². The van der Waals surface area contributed by atoms with Crippen molar-refractivity contribution in [2.24, 2.45) is 5.41 Å². The van der Waals surface area contributed by atoms with E-state index in [2.05, 4.69) is 16.0 Å². The average molecular weight is 385 g/mol. The smallest absolute Gasteiger partial charge is 0.408 e. The Labute approximate surface area is 162 Å². The number of rotatable bonds is 6. The van der Waals surface area contributed by atoms with Crippen LogP contribution in [0.2, 0.25) is 0 Å². The van der Waals surface area contributed by atoms with E-state index >= 15 is 0 Å². The molecule has 0 aromatic heterocycles. The molecule has 27 heavy (non-hydrogen) atoms. The van der Waals surface area contributed by atoms with Gasteiger partial charge in [-0.15, -0.1) is 0 Å². The van der Waals surface area contributed by atoms with Crippen LogP contribution in [0.25, 0.3) is 0 Å². The van der Waals surface area contributed by atoms with Crippen molar-refractivity contribution in [3.8, 4) is 0 Å². The van der Waals surface area contributed by atoms with Crippen molar-refractivity contribution >= 4 is 17.9 Å². The largest absolute Gasteiger partial charge is 0.444 e. The molecule has 3 amide bonds. The minimum Gasteiger partial charge on any atom is -0.444 e. The van der Waals surface area contributed by atoms with E-state index < -0.39 is 23.2 Å². The fourth-order valence-electron chi connectivity index (χ4n) is 2.59. The van der Waals surface area contributed by atoms with Gasteiger partial charge >= 0.3 is 6.09 Å². The summed E-state index contributed by atoms with van der Waals surface area (Å²) in [6.45, 7) is 14.1. The van der Waals surface area contributed by atoms with Gasteiger partial charge in [0.1, 0.15) is 11.6 Å². The molecule has 8 heteroatoms. The second kappa shape index (κ2) is 9.92. The Bertz CT molecular complexity index is 517. The predicted octanol–water partition coefficient (Wildman–Crippen LogP) is 1.25. The summed E-state index contributed by atoms with van der Waals surface area (Å²) in [5.74, 6) is -0.142. The topological polar surface area (TPSA) is 99.8 Å². The molecule has 0 bridgehead atoms. The fourth-order valence-corrected chi connectivity index (χ4v) is 2.59. The number of carbonyl (C=O) groups excluding carboxylic acids is 3. The third-order valence-electron chi connectivity index (χ3n) is 4.05. The van der Waals surface area contributed by atoms with Gasteiger partial charge in [0, 0.05) is 38.1 Å². The lowest BCUT2D eigenvalue weighted by Crippen LogP contribution is -2.54. The highest BCUT2D eigenvalue weighted by Gasteiger charge is 2.28. The van der Waals surface area contributed by atoms with E-state index in [1.807, 2.05) is 20.8 Å². The van der Waals surface area contributed by atoms with E-state index in [-0.39, 0.29) is 11.8 Å². The number of amides is 3. The van der Waals surface area contributed by atoms with Crippen LogP contribution in [0.4, 0.5) is 4.79 Å². The maximum Gasteiger partial charge on any atom is 0.408 e. The highest BCUT2D eigenvalue weighted by atomic mass is 16.6. The van der Waals surface area contributed by atoms with E-state index in [4.69, 9.17) is 4.74 Å². The number of nitrogens with zero attached hydrogens (tertiary/aromatic N) is 1. The molecule has 1 atom stereocenters. The van der Waals surface area contributed by atoms with Gasteiger partial charge in [-0.3, -0.25) is 9.59 Å². The summed E-state index contributed by atoms with van der Waals surface area (Å²) in [7, 11) is 0. The van der Waals surface area contributed by atoms with E-state index in [1.165, 1.54) is 0 Å². The van der Waals surface area contributed by atoms with Crippen LogP contribution >= 0.6 is 0 Å². The Morgan fingerprint density at radius 3 is 2.19 bits per heavy atom. The molecule has 156 valence electrons. The lowest BCUT2D eigenvalue weighted by molar-refractivity contribution is -0.134. The molecule has 0 aliphatic carbocycles. The second-order valence-electron chi connectivity index (χ2n) is 8.92. The normalized spacial score (nSPS) is 16.4. The molecular formula is C19H36N4O4. The number of piperazine rings is 1. The van der Waals surface area contributed by atoms with Crippen molar-refractivity contribution in [2.75, 3.05) is 32.7 Å². The molecule has 0 aromatic carbocycles. The monoisotopic (exact) mass is 384 g/mol. The average Bonchev–Trinajstić information content (AvgIpc) is 2.55. The summed E-state index contributed by atoms with van der Waals surface area (Å²) in [5.41, 5.74) is -1.09. The summed E-state index contributed by atoms with van der Waals surface area (Å²) < 4.78 is 5.29. The van der Waals surface area contributed by atoms with Gasteiger partial charge in [0.05, 0.1) is 0 Å². The molecule has 1 heterocycles. The Hall–Kier alpha value is -1.83. The third-order valence-corrected chi connectivity index (χ3v) is 4.05. The molecule has 3 N–H and O–H groups in total. The standard InChI is InChI=1S/C19H36N4O4/c1-18(2,3)16(25)21-9-7-8-14(22-17(26)27-19(4,5)6)15(24)23-12-10-20-11-13-23/h14,20H,7-13H2,1-6H3,(H,21,25)(H,22,26)/t14-/m0/s1. The van der Waals surface area contributed by atoms with Gasteiger partial charge in [0.15, 0.2) is 0 Å². The van der Waals surface area contributed by atoms with E-state index in [1.54, 1.807) is 25.7 Å². The van der Waals surface area contributed by atoms with Crippen molar-refractivity contribution in [1.82, 2.24) is 20.9 Å². The first-order chi connectivity index (χ1) is 12.4. The molecule has 0 spiro atoms. The molecular weight excluding hydrogens is 348 g/mol. The van der Waals surface area contributed by atoms with Gasteiger partial charge in [-0.2, -0.15) is 0 Å². The van der Waals surface area contributed by atoms with Crippen molar-refractivity contribution < 1.29 is 19.1 Å².